The van der Waals surface area contributed by atoms with Gasteiger partial charge in [-0.15, -0.1) is 0 Å². The molecule has 0 saturated carbocycles. The molecule has 0 atom stereocenters. The van der Waals surface area contributed by atoms with Gasteiger partial charge < -0.3 is 18.8 Å². The Morgan fingerprint density at radius 2 is 1.00 bits per heavy atom. The summed E-state index contributed by atoms with van der Waals surface area (Å²) in [5, 5.41) is 7.29. The van der Waals surface area contributed by atoms with E-state index in [2.05, 4.69) is 214 Å². The van der Waals surface area contributed by atoms with Crippen LogP contribution in [0.2, 0.25) is 0 Å². The maximum Gasteiger partial charge on any atom is 0.130 e. The number of anilines is 3. The van der Waals surface area contributed by atoms with Crippen molar-refractivity contribution in [2.75, 3.05) is 11.5 Å². The number of ether oxygens (including phenoxy) is 1. The van der Waals surface area contributed by atoms with Crippen LogP contribution in [0.25, 0.3) is 76.9 Å². The molecule has 12 rings (SSSR count). The molecule has 3 heterocycles. The molecule has 58 heavy (non-hydrogen) atoms. The number of rotatable bonds is 6. The van der Waals surface area contributed by atoms with E-state index in [1.807, 2.05) is 0 Å². The van der Waals surface area contributed by atoms with Gasteiger partial charge in [-0.3, -0.25) is 0 Å². The Labute approximate surface area is 336 Å². The van der Waals surface area contributed by atoms with Crippen LogP contribution in [-0.4, -0.2) is 15.7 Å². The average Bonchev–Trinajstić information content (AvgIpc) is 3.99. The van der Waals surface area contributed by atoms with Crippen molar-refractivity contribution in [3.8, 4) is 28.3 Å². The van der Waals surface area contributed by atoms with E-state index in [0.29, 0.717) is 6.61 Å². The second kappa shape index (κ2) is 13.0. The Hall–Kier alpha value is -7.56. The minimum Gasteiger partial charge on any atom is -0.492 e. The van der Waals surface area contributed by atoms with E-state index in [1.54, 1.807) is 0 Å². The van der Waals surface area contributed by atoms with Crippen molar-refractivity contribution in [1.82, 2.24) is 9.13 Å². The van der Waals surface area contributed by atoms with E-state index in [9.17, 15) is 0 Å². The summed E-state index contributed by atoms with van der Waals surface area (Å²) in [7, 11) is 0. The largest absolute Gasteiger partial charge is 0.492 e. The number of hydrogen-bond acceptors (Lipinski definition) is 2. The summed E-state index contributed by atoms with van der Waals surface area (Å²) in [4.78, 5) is 2.44. The van der Waals surface area contributed by atoms with Gasteiger partial charge in [-0.2, -0.15) is 0 Å². The van der Waals surface area contributed by atoms with E-state index >= 15 is 0 Å². The summed E-state index contributed by atoms with van der Waals surface area (Å²) < 4.78 is 11.3. The van der Waals surface area contributed by atoms with Gasteiger partial charge in [-0.25, -0.2) is 0 Å². The molecule has 0 amide bonds. The van der Waals surface area contributed by atoms with Gasteiger partial charge in [0.2, 0.25) is 0 Å². The number of para-hydroxylation sites is 5. The Bertz CT molecular complexity index is 3380. The highest BCUT2D eigenvalue weighted by atomic mass is 16.5. The maximum absolute atomic E-state index is 6.46. The number of fused-ring (bicyclic) bond motifs is 8. The smallest absolute Gasteiger partial charge is 0.130 e. The van der Waals surface area contributed by atoms with Gasteiger partial charge >= 0.3 is 0 Å². The van der Waals surface area contributed by atoms with Crippen LogP contribution in [0.4, 0.5) is 17.1 Å². The van der Waals surface area contributed by atoms with Gasteiger partial charge in [-0.1, -0.05) is 127 Å². The van der Waals surface area contributed by atoms with Crippen LogP contribution < -0.4 is 9.64 Å². The Balaban J connectivity index is 1.21. The van der Waals surface area contributed by atoms with Gasteiger partial charge in [0.1, 0.15) is 5.75 Å². The zero-order valence-corrected chi connectivity index (χ0v) is 31.7. The van der Waals surface area contributed by atoms with Crippen molar-refractivity contribution < 1.29 is 4.74 Å². The molecule has 0 radical (unpaired) electrons. The second-order valence-corrected chi connectivity index (χ2v) is 15.2. The molecule has 0 spiro atoms. The lowest BCUT2D eigenvalue weighted by molar-refractivity contribution is 0.358. The molecule has 0 aliphatic carbocycles. The van der Waals surface area contributed by atoms with Gasteiger partial charge in [0.05, 0.1) is 28.7 Å². The summed E-state index contributed by atoms with van der Waals surface area (Å²) in [5.41, 5.74) is 13.7. The Morgan fingerprint density at radius 3 is 1.79 bits per heavy atom. The molecule has 0 saturated heterocycles. The third-order valence-corrected chi connectivity index (χ3v) is 12.0. The van der Waals surface area contributed by atoms with Crippen molar-refractivity contribution in [1.29, 1.82) is 0 Å². The van der Waals surface area contributed by atoms with E-state index in [-0.39, 0.29) is 0 Å². The number of aromatic nitrogens is 2. The van der Waals surface area contributed by atoms with Crippen LogP contribution in [0.3, 0.4) is 0 Å². The SMILES string of the molecule is c1ccc(-n2c3ccccc3c3ccc(N(c4ccc5ccccc5c4)c4cc(-c5cccc6c5OCC6)c5c6ccccc6n(-c6ccccc6)c5c4)cc32)cc1. The molecule has 11 aromatic rings. The molecular formula is C54H37N3O. The van der Waals surface area contributed by atoms with E-state index < -0.39 is 0 Å². The highest BCUT2D eigenvalue weighted by molar-refractivity contribution is 6.18. The van der Waals surface area contributed by atoms with Gasteiger partial charge in [-0.05, 0) is 94.7 Å². The van der Waals surface area contributed by atoms with Crippen molar-refractivity contribution >= 4 is 71.4 Å². The van der Waals surface area contributed by atoms with E-state index in [4.69, 9.17) is 4.74 Å². The fraction of sp³-hybridized carbons (Fsp3) is 0.0370. The molecule has 0 bridgehead atoms. The van der Waals surface area contributed by atoms with E-state index in [1.165, 1.54) is 48.9 Å². The fourth-order valence-corrected chi connectivity index (χ4v) is 9.42. The average molecular weight is 744 g/mol. The first kappa shape index (κ1) is 32.7. The summed E-state index contributed by atoms with van der Waals surface area (Å²) in [6, 6.07) is 72.9. The van der Waals surface area contributed by atoms with Crippen LogP contribution >= 0.6 is 0 Å². The Kier molecular flexibility index (Phi) is 7.32. The van der Waals surface area contributed by atoms with Crippen molar-refractivity contribution in [2.45, 2.75) is 6.42 Å². The second-order valence-electron chi connectivity index (χ2n) is 15.2. The van der Waals surface area contributed by atoms with Gasteiger partial charge in [0, 0.05) is 62.0 Å². The predicted octanol–water partition coefficient (Wildman–Crippen LogP) is 14.1. The zero-order chi connectivity index (χ0) is 38.2. The molecule has 1 aliphatic heterocycles. The van der Waals surface area contributed by atoms with Crippen molar-refractivity contribution in [3.05, 3.63) is 206 Å². The molecule has 0 unspecified atom stereocenters. The number of benzene rings is 9. The normalized spacial score (nSPS) is 12.5. The fourth-order valence-electron chi connectivity index (χ4n) is 9.42. The molecule has 274 valence electrons. The Morgan fingerprint density at radius 1 is 0.397 bits per heavy atom. The van der Waals surface area contributed by atoms with Crippen LogP contribution in [-0.2, 0) is 6.42 Å². The highest BCUT2D eigenvalue weighted by Gasteiger charge is 2.25. The predicted molar refractivity (Wildman–Crippen MR) is 242 cm³/mol. The summed E-state index contributed by atoms with van der Waals surface area (Å²) in [6.45, 7) is 0.694. The quantitative estimate of drug-likeness (QED) is 0.169. The number of hydrogen-bond donors (Lipinski definition) is 0. The first-order valence-electron chi connectivity index (χ1n) is 20.0. The topological polar surface area (TPSA) is 22.3 Å². The monoisotopic (exact) mass is 743 g/mol. The number of nitrogens with zero attached hydrogens (tertiary/aromatic N) is 3. The lowest BCUT2D eigenvalue weighted by Crippen LogP contribution is -2.11. The molecule has 4 heteroatoms. The van der Waals surface area contributed by atoms with Crippen molar-refractivity contribution in [3.63, 3.8) is 0 Å². The molecule has 4 nitrogen and oxygen atoms in total. The summed E-state index contributed by atoms with van der Waals surface area (Å²) >= 11 is 0. The molecule has 1 aliphatic rings. The minimum atomic E-state index is 0.694. The first-order chi connectivity index (χ1) is 28.8. The third-order valence-electron chi connectivity index (χ3n) is 12.0. The maximum atomic E-state index is 6.46. The molecule has 2 aromatic heterocycles. The third kappa shape index (κ3) is 5.01. The van der Waals surface area contributed by atoms with Crippen LogP contribution in [0, 0.1) is 0 Å². The van der Waals surface area contributed by atoms with E-state index in [0.717, 1.165) is 62.8 Å². The van der Waals surface area contributed by atoms with Gasteiger partial charge in [0.15, 0.2) is 0 Å². The molecule has 0 N–H and O–H groups in total. The summed E-state index contributed by atoms with van der Waals surface area (Å²) in [6.07, 6.45) is 0.913. The van der Waals surface area contributed by atoms with Gasteiger partial charge in [0.25, 0.3) is 0 Å². The zero-order valence-electron chi connectivity index (χ0n) is 31.7. The van der Waals surface area contributed by atoms with Crippen LogP contribution in [0.5, 0.6) is 5.75 Å². The summed E-state index contributed by atoms with van der Waals surface area (Å²) in [5.74, 6) is 0.989. The molecular weight excluding hydrogens is 707 g/mol. The van der Waals surface area contributed by atoms with Crippen molar-refractivity contribution in [2.24, 2.45) is 0 Å². The standard InChI is InChI=1S/C54H37N3O/c1-3-17-39(18-4-1)56-49-24-11-9-21-44(49)45-29-28-42(34-51(45)56)55(41-27-26-36-14-7-8-15-38(36)32-41)43-33-48(46-23-13-16-37-30-31-58-54(37)46)53-47-22-10-12-25-50(47)57(52(53)35-43)40-19-5-2-6-20-40/h1-29,32-35H,30-31H2. The molecule has 0 fully saturated rings. The molecule has 9 aromatic carbocycles. The minimum absolute atomic E-state index is 0.694. The lowest BCUT2D eigenvalue weighted by atomic mass is 9.95. The first-order valence-corrected chi connectivity index (χ1v) is 20.0. The lowest BCUT2D eigenvalue weighted by Gasteiger charge is -2.27. The highest BCUT2D eigenvalue weighted by Crippen LogP contribution is 2.48. The van der Waals surface area contributed by atoms with Crippen LogP contribution in [0.15, 0.2) is 200 Å². The van der Waals surface area contributed by atoms with Crippen LogP contribution in [0.1, 0.15) is 5.56 Å².